The van der Waals surface area contributed by atoms with Crippen molar-refractivity contribution in [3.05, 3.63) is 22.5 Å². The number of nitrogen functional groups attached to an aromatic ring is 1. The van der Waals surface area contributed by atoms with E-state index in [1.165, 1.54) is 0 Å². The fourth-order valence-electron chi connectivity index (χ4n) is 1.11. The molecule has 0 aliphatic rings. The highest BCUT2D eigenvalue weighted by atomic mass is 35.5. The number of hydrogen-bond donors (Lipinski definition) is 2. The lowest BCUT2D eigenvalue weighted by Crippen LogP contribution is -1.85. The van der Waals surface area contributed by atoms with Gasteiger partial charge in [-0.15, -0.1) is 24.0 Å². The van der Waals surface area contributed by atoms with Crippen LogP contribution in [0.25, 0.3) is 10.1 Å². The first-order chi connectivity index (χ1) is 5.70. The molecule has 0 radical (unpaired) electrons. The van der Waals surface area contributed by atoms with Crippen LogP contribution in [0, 0.1) is 0 Å². The van der Waals surface area contributed by atoms with Gasteiger partial charge in [0.15, 0.2) is 0 Å². The quantitative estimate of drug-likeness (QED) is 0.511. The minimum Gasteiger partial charge on any atom is -0.398 e. The van der Waals surface area contributed by atoms with Crippen LogP contribution in [-0.2, 0) is 0 Å². The summed E-state index contributed by atoms with van der Waals surface area (Å²) >= 11 is 11.8. The molecule has 2 rings (SSSR count). The third kappa shape index (κ3) is 1.09. The van der Waals surface area contributed by atoms with E-state index in [0.29, 0.717) is 5.02 Å². The fraction of sp³-hybridized carbons (Fsp3) is 0. The Hall–Kier alpha value is -0.380. The molecular formula is C8H6ClNS2. The van der Waals surface area contributed by atoms with Gasteiger partial charge in [0.2, 0.25) is 0 Å². The van der Waals surface area contributed by atoms with Crippen LogP contribution in [-0.4, -0.2) is 0 Å². The largest absolute Gasteiger partial charge is 0.398 e. The number of benzene rings is 1. The van der Waals surface area contributed by atoms with Crippen molar-refractivity contribution in [2.24, 2.45) is 0 Å². The molecule has 0 fully saturated rings. The van der Waals surface area contributed by atoms with Crippen molar-refractivity contribution in [3.8, 4) is 0 Å². The maximum Gasteiger partial charge on any atom is 0.0718 e. The van der Waals surface area contributed by atoms with Crippen LogP contribution in [0.4, 0.5) is 5.69 Å². The zero-order valence-electron chi connectivity index (χ0n) is 6.04. The lowest BCUT2D eigenvalue weighted by Gasteiger charge is -2.01. The van der Waals surface area contributed by atoms with E-state index >= 15 is 0 Å². The zero-order valence-corrected chi connectivity index (χ0v) is 8.51. The highest BCUT2D eigenvalue weighted by molar-refractivity contribution is 7.80. The Bertz CT molecular complexity index is 436. The van der Waals surface area contributed by atoms with Gasteiger partial charge < -0.3 is 5.73 Å². The van der Waals surface area contributed by atoms with Crippen molar-refractivity contribution in [1.82, 2.24) is 0 Å². The Labute approximate surface area is 84.6 Å². The Morgan fingerprint density at radius 2 is 2.25 bits per heavy atom. The number of rotatable bonds is 0. The van der Waals surface area contributed by atoms with Gasteiger partial charge in [-0.25, -0.2) is 0 Å². The van der Waals surface area contributed by atoms with Crippen molar-refractivity contribution in [1.29, 1.82) is 0 Å². The highest BCUT2D eigenvalue weighted by Gasteiger charge is 2.06. The minimum atomic E-state index is 0.692. The molecule has 0 saturated carbocycles. The Morgan fingerprint density at radius 1 is 1.50 bits per heavy atom. The van der Waals surface area contributed by atoms with Crippen molar-refractivity contribution >= 4 is 51.3 Å². The van der Waals surface area contributed by atoms with Gasteiger partial charge in [-0.2, -0.15) is 0 Å². The molecule has 0 atom stereocenters. The summed E-state index contributed by atoms with van der Waals surface area (Å²) in [6.07, 6.45) is 0. The zero-order chi connectivity index (χ0) is 8.72. The summed E-state index contributed by atoms with van der Waals surface area (Å²) in [5.41, 5.74) is 6.51. The van der Waals surface area contributed by atoms with Gasteiger partial charge in [0, 0.05) is 16.0 Å². The molecule has 0 aliphatic carbocycles. The van der Waals surface area contributed by atoms with E-state index in [4.69, 9.17) is 17.3 Å². The molecule has 1 aromatic carbocycles. The van der Waals surface area contributed by atoms with Crippen LogP contribution < -0.4 is 5.73 Å². The first-order valence-electron chi connectivity index (χ1n) is 3.34. The Balaban J connectivity index is 2.97. The third-order valence-corrected chi connectivity index (χ3v) is 3.61. The summed E-state index contributed by atoms with van der Waals surface area (Å²) in [4.78, 5) is 0.740. The van der Waals surface area contributed by atoms with Crippen LogP contribution in [0.3, 0.4) is 0 Å². The molecule has 1 nitrogen and oxygen atoms in total. The first kappa shape index (κ1) is 8.23. The smallest absolute Gasteiger partial charge is 0.0718 e. The molecular weight excluding hydrogens is 210 g/mol. The van der Waals surface area contributed by atoms with Gasteiger partial charge >= 0.3 is 0 Å². The normalized spacial score (nSPS) is 10.8. The molecule has 0 aliphatic heterocycles. The summed E-state index contributed by atoms with van der Waals surface area (Å²) in [5, 5.41) is 3.68. The molecule has 2 aromatic rings. The molecule has 1 aromatic heterocycles. The third-order valence-electron chi connectivity index (χ3n) is 1.69. The van der Waals surface area contributed by atoms with Crippen molar-refractivity contribution in [3.63, 3.8) is 0 Å². The maximum absolute atomic E-state index is 6.02. The average molecular weight is 216 g/mol. The van der Waals surface area contributed by atoms with Crippen molar-refractivity contribution in [2.45, 2.75) is 4.90 Å². The van der Waals surface area contributed by atoms with Gasteiger partial charge in [0.05, 0.1) is 9.72 Å². The van der Waals surface area contributed by atoms with Crippen molar-refractivity contribution < 1.29 is 0 Å². The maximum atomic E-state index is 6.02. The number of nitrogens with two attached hydrogens (primary N) is 1. The van der Waals surface area contributed by atoms with Crippen LogP contribution in [0.2, 0.25) is 5.02 Å². The van der Waals surface area contributed by atoms with E-state index in [9.17, 15) is 0 Å². The van der Waals surface area contributed by atoms with Crippen LogP contribution in [0.1, 0.15) is 0 Å². The standard InChI is InChI=1S/C8H6ClNS2/c9-7-6(11)3-5(10)4-1-2-12-8(4)7/h1-3,11H,10H2. The lowest BCUT2D eigenvalue weighted by molar-refractivity contribution is 1.54. The fourth-order valence-corrected chi connectivity index (χ4v) is 2.59. The summed E-state index contributed by atoms with van der Waals surface area (Å²) < 4.78 is 1.02. The number of thiol groups is 1. The molecule has 0 unspecified atom stereocenters. The second-order valence-electron chi connectivity index (χ2n) is 2.46. The Morgan fingerprint density at radius 3 is 3.00 bits per heavy atom. The summed E-state index contributed by atoms with van der Waals surface area (Å²) in [5.74, 6) is 0. The number of thiophene rings is 1. The van der Waals surface area contributed by atoms with Gasteiger partial charge in [-0.3, -0.25) is 0 Å². The average Bonchev–Trinajstić information content (AvgIpc) is 2.48. The molecule has 0 bridgehead atoms. The predicted molar refractivity (Wildman–Crippen MR) is 58.5 cm³/mol. The lowest BCUT2D eigenvalue weighted by atomic mass is 10.2. The van der Waals surface area contributed by atoms with Gasteiger partial charge in [0.25, 0.3) is 0 Å². The second-order valence-corrected chi connectivity index (χ2v) is 4.24. The second kappa shape index (κ2) is 2.83. The summed E-state index contributed by atoms with van der Waals surface area (Å²) in [6.45, 7) is 0. The topological polar surface area (TPSA) is 26.0 Å². The van der Waals surface area contributed by atoms with E-state index < -0.39 is 0 Å². The van der Waals surface area contributed by atoms with Crippen molar-refractivity contribution in [2.75, 3.05) is 5.73 Å². The predicted octanol–water partition coefficient (Wildman–Crippen LogP) is 3.43. The van der Waals surface area contributed by atoms with Gasteiger partial charge in [0.1, 0.15) is 0 Å². The first-order valence-corrected chi connectivity index (χ1v) is 5.05. The van der Waals surface area contributed by atoms with Gasteiger partial charge in [-0.05, 0) is 17.5 Å². The summed E-state index contributed by atoms with van der Waals surface area (Å²) in [6, 6.07) is 3.74. The number of halogens is 1. The van der Waals surface area contributed by atoms with Gasteiger partial charge in [-0.1, -0.05) is 11.6 Å². The Kier molecular flexibility index (Phi) is 1.94. The summed E-state index contributed by atoms with van der Waals surface area (Å²) in [7, 11) is 0. The monoisotopic (exact) mass is 215 g/mol. The minimum absolute atomic E-state index is 0.692. The number of hydrogen-bond acceptors (Lipinski definition) is 3. The van der Waals surface area contributed by atoms with Crippen LogP contribution in [0.15, 0.2) is 22.4 Å². The molecule has 2 N–H and O–H groups in total. The molecule has 4 heteroatoms. The molecule has 0 saturated heterocycles. The van der Waals surface area contributed by atoms with E-state index in [1.807, 2.05) is 11.4 Å². The van der Waals surface area contributed by atoms with E-state index in [0.717, 1.165) is 20.7 Å². The SMILES string of the molecule is Nc1cc(S)c(Cl)c2sccc12. The van der Waals surface area contributed by atoms with E-state index in [2.05, 4.69) is 12.6 Å². The molecule has 12 heavy (non-hydrogen) atoms. The molecule has 62 valence electrons. The molecule has 0 spiro atoms. The van der Waals surface area contributed by atoms with E-state index in [-0.39, 0.29) is 0 Å². The number of fused-ring (bicyclic) bond motifs is 1. The number of anilines is 1. The van der Waals surface area contributed by atoms with Crippen LogP contribution in [0.5, 0.6) is 0 Å². The molecule has 1 heterocycles. The highest BCUT2D eigenvalue weighted by Crippen LogP contribution is 2.36. The molecule has 0 amide bonds. The van der Waals surface area contributed by atoms with Crippen LogP contribution >= 0.6 is 35.6 Å². The van der Waals surface area contributed by atoms with E-state index in [1.54, 1.807) is 17.4 Å².